The molecule has 4 heteroatoms. The zero-order chi connectivity index (χ0) is 7.40. The van der Waals surface area contributed by atoms with E-state index in [-0.39, 0.29) is 0 Å². The van der Waals surface area contributed by atoms with E-state index in [1.807, 2.05) is 12.2 Å². The summed E-state index contributed by atoms with van der Waals surface area (Å²) in [6.07, 6.45) is 7.37. The second-order valence-electron chi connectivity index (χ2n) is 2.03. The van der Waals surface area contributed by atoms with Crippen molar-refractivity contribution in [2.75, 3.05) is 0 Å². The molecule has 1 aliphatic carbocycles. The summed E-state index contributed by atoms with van der Waals surface area (Å²) in [6, 6.07) is 0. The second kappa shape index (κ2) is 3.44. The Morgan fingerprint density at radius 2 is 2.20 bits per heavy atom. The van der Waals surface area contributed by atoms with Crippen LogP contribution in [0.15, 0.2) is 24.0 Å². The van der Waals surface area contributed by atoms with Gasteiger partial charge < -0.3 is 14.7 Å². The van der Waals surface area contributed by atoms with Gasteiger partial charge in [-0.15, -0.1) is 0 Å². The van der Waals surface area contributed by atoms with Gasteiger partial charge >= 0.3 is 7.32 Å². The number of allylic oxidation sites excluding steroid dienone is 3. The number of hydrogen-bond donors (Lipinski definition) is 2. The van der Waals surface area contributed by atoms with E-state index in [9.17, 15) is 0 Å². The molecule has 0 bridgehead atoms. The van der Waals surface area contributed by atoms with Gasteiger partial charge in [-0.05, 0) is 25.0 Å². The maximum atomic E-state index is 8.36. The largest absolute Gasteiger partial charge is 0.707 e. The van der Waals surface area contributed by atoms with Crippen LogP contribution in [-0.4, -0.2) is 17.4 Å². The molecule has 0 heterocycles. The lowest BCUT2D eigenvalue weighted by Crippen LogP contribution is -2.16. The summed E-state index contributed by atoms with van der Waals surface area (Å²) in [5.41, 5.74) is 0. The molecule has 0 saturated carbocycles. The number of hydrogen-bond acceptors (Lipinski definition) is 3. The van der Waals surface area contributed by atoms with Gasteiger partial charge in [0.25, 0.3) is 0 Å². The Kier molecular flexibility index (Phi) is 2.53. The van der Waals surface area contributed by atoms with E-state index >= 15 is 0 Å². The summed E-state index contributed by atoms with van der Waals surface area (Å²) in [4.78, 5) is 0. The molecule has 0 aliphatic heterocycles. The van der Waals surface area contributed by atoms with E-state index < -0.39 is 7.32 Å². The lowest BCUT2D eigenvalue weighted by atomic mass is 10.1. The van der Waals surface area contributed by atoms with Gasteiger partial charge in [-0.1, -0.05) is 6.08 Å². The van der Waals surface area contributed by atoms with Crippen LogP contribution in [0.1, 0.15) is 12.8 Å². The quantitative estimate of drug-likeness (QED) is 0.538. The normalized spacial score (nSPS) is 16.4. The third-order valence-corrected chi connectivity index (χ3v) is 1.20. The van der Waals surface area contributed by atoms with Gasteiger partial charge in [0.15, 0.2) is 0 Å². The van der Waals surface area contributed by atoms with Crippen LogP contribution >= 0.6 is 0 Å². The molecule has 0 unspecified atom stereocenters. The van der Waals surface area contributed by atoms with Crippen molar-refractivity contribution in [3.8, 4) is 0 Å². The fourth-order valence-electron chi connectivity index (χ4n) is 0.798. The van der Waals surface area contributed by atoms with E-state index in [0.717, 1.165) is 12.8 Å². The molecule has 0 saturated heterocycles. The van der Waals surface area contributed by atoms with Crippen LogP contribution < -0.4 is 0 Å². The van der Waals surface area contributed by atoms with Crippen molar-refractivity contribution in [2.45, 2.75) is 12.8 Å². The van der Waals surface area contributed by atoms with Crippen molar-refractivity contribution in [1.82, 2.24) is 0 Å². The summed E-state index contributed by atoms with van der Waals surface area (Å²) in [5.74, 6) is 0.529. The zero-order valence-corrected chi connectivity index (χ0v) is 5.53. The third kappa shape index (κ3) is 2.25. The molecule has 10 heavy (non-hydrogen) atoms. The predicted molar refractivity (Wildman–Crippen MR) is 37.7 cm³/mol. The lowest BCUT2D eigenvalue weighted by molar-refractivity contribution is 0.243. The highest BCUT2D eigenvalue weighted by Gasteiger charge is 2.11. The molecule has 0 spiro atoms. The Morgan fingerprint density at radius 3 is 2.70 bits per heavy atom. The first-order valence-electron chi connectivity index (χ1n) is 3.18. The topological polar surface area (TPSA) is 49.7 Å². The van der Waals surface area contributed by atoms with Gasteiger partial charge in [-0.3, -0.25) is 0 Å². The first-order valence-corrected chi connectivity index (χ1v) is 3.18. The van der Waals surface area contributed by atoms with Gasteiger partial charge in [-0.2, -0.15) is 0 Å². The van der Waals surface area contributed by atoms with Crippen molar-refractivity contribution in [3.05, 3.63) is 24.0 Å². The summed E-state index contributed by atoms with van der Waals surface area (Å²) >= 11 is 0. The zero-order valence-electron chi connectivity index (χ0n) is 5.53. The average molecular weight is 140 g/mol. The fraction of sp³-hybridized carbons (Fsp3) is 0.333. The molecule has 2 N–H and O–H groups in total. The molecular weight excluding hydrogens is 131 g/mol. The van der Waals surface area contributed by atoms with E-state index in [2.05, 4.69) is 4.65 Å². The summed E-state index contributed by atoms with van der Waals surface area (Å²) in [5, 5.41) is 16.7. The van der Waals surface area contributed by atoms with Crippen LogP contribution in [0.3, 0.4) is 0 Å². The van der Waals surface area contributed by atoms with Crippen LogP contribution in [0.5, 0.6) is 0 Å². The molecule has 1 rings (SSSR count). The fourth-order valence-corrected chi connectivity index (χ4v) is 0.798. The van der Waals surface area contributed by atoms with Crippen LogP contribution in [0.4, 0.5) is 0 Å². The Bertz CT molecular complexity index is 162. The molecule has 0 amide bonds. The molecule has 0 aromatic rings. The SMILES string of the molecule is OB(O)OC1=CCCC=C1. The molecular formula is C6H9BO3. The first-order chi connectivity index (χ1) is 4.79. The van der Waals surface area contributed by atoms with Gasteiger partial charge in [0, 0.05) is 0 Å². The molecule has 0 aromatic carbocycles. The lowest BCUT2D eigenvalue weighted by Gasteiger charge is -2.07. The molecule has 0 aromatic heterocycles. The highest BCUT2D eigenvalue weighted by atomic mass is 16.6. The van der Waals surface area contributed by atoms with E-state index in [4.69, 9.17) is 10.0 Å². The van der Waals surface area contributed by atoms with Crippen molar-refractivity contribution >= 4 is 7.32 Å². The first kappa shape index (κ1) is 7.37. The average Bonchev–Trinajstić information content (AvgIpc) is 1.88. The molecule has 0 fully saturated rings. The van der Waals surface area contributed by atoms with E-state index in [0.29, 0.717) is 5.76 Å². The van der Waals surface area contributed by atoms with Crippen LogP contribution in [-0.2, 0) is 4.65 Å². The summed E-state index contributed by atoms with van der Waals surface area (Å²) < 4.78 is 4.58. The van der Waals surface area contributed by atoms with Crippen molar-refractivity contribution < 1.29 is 14.7 Å². The van der Waals surface area contributed by atoms with Gasteiger partial charge in [0.1, 0.15) is 0 Å². The van der Waals surface area contributed by atoms with Crippen molar-refractivity contribution in [1.29, 1.82) is 0 Å². The summed E-state index contributed by atoms with van der Waals surface area (Å²) in [6.45, 7) is 0. The Morgan fingerprint density at radius 1 is 1.40 bits per heavy atom. The predicted octanol–water partition coefficient (Wildman–Crippen LogP) is 0.206. The van der Waals surface area contributed by atoms with Crippen LogP contribution in [0.2, 0.25) is 0 Å². The molecule has 1 aliphatic rings. The second-order valence-corrected chi connectivity index (χ2v) is 2.03. The van der Waals surface area contributed by atoms with E-state index in [1.54, 1.807) is 6.08 Å². The van der Waals surface area contributed by atoms with Crippen molar-refractivity contribution in [2.24, 2.45) is 0 Å². The molecule has 54 valence electrons. The highest BCUT2D eigenvalue weighted by Crippen LogP contribution is 2.10. The van der Waals surface area contributed by atoms with E-state index in [1.165, 1.54) is 0 Å². The van der Waals surface area contributed by atoms with Crippen molar-refractivity contribution in [3.63, 3.8) is 0 Å². The van der Waals surface area contributed by atoms with Crippen LogP contribution in [0, 0.1) is 0 Å². The summed E-state index contributed by atoms with van der Waals surface area (Å²) in [7, 11) is -1.70. The Hall–Kier alpha value is -0.735. The minimum atomic E-state index is -1.70. The Balaban J connectivity index is 2.40. The third-order valence-electron chi connectivity index (χ3n) is 1.20. The molecule has 0 atom stereocenters. The minimum Gasteiger partial charge on any atom is -0.512 e. The maximum Gasteiger partial charge on any atom is 0.707 e. The monoisotopic (exact) mass is 140 g/mol. The molecule has 3 nitrogen and oxygen atoms in total. The van der Waals surface area contributed by atoms with Gasteiger partial charge in [0.2, 0.25) is 0 Å². The number of rotatable bonds is 2. The van der Waals surface area contributed by atoms with Gasteiger partial charge in [0.05, 0.1) is 5.76 Å². The smallest absolute Gasteiger partial charge is 0.512 e. The van der Waals surface area contributed by atoms with Gasteiger partial charge in [-0.25, -0.2) is 0 Å². The molecule has 0 radical (unpaired) electrons. The maximum absolute atomic E-state index is 8.36. The highest BCUT2D eigenvalue weighted by molar-refractivity contribution is 6.33. The minimum absolute atomic E-state index is 0.529. The van der Waals surface area contributed by atoms with Crippen LogP contribution in [0.25, 0.3) is 0 Å². The Labute approximate surface area is 59.8 Å². The standard InChI is InChI=1S/C6H9BO3/c8-7(9)10-6-4-2-1-3-5-6/h2,4-5,8-9H,1,3H2.